The Labute approximate surface area is 163 Å². The maximum atomic E-state index is 13.1. The summed E-state index contributed by atoms with van der Waals surface area (Å²) in [7, 11) is 0. The highest BCUT2D eigenvalue weighted by Gasteiger charge is 2.30. The van der Waals surface area contributed by atoms with Crippen LogP contribution in [0.3, 0.4) is 0 Å². The van der Waals surface area contributed by atoms with E-state index in [4.69, 9.17) is 4.74 Å². The second-order valence-corrected chi connectivity index (χ2v) is 6.14. The highest BCUT2D eigenvalue weighted by atomic mass is 19.4. The lowest BCUT2D eigenvalue weighted by Gasteiger charge is -2.09. The third-order valence-electron chi connectivity index (χ3n) is 3.92. The van der Waals surface area contributed by atoms with E-state index in [0.29, 0.717) is 18.7 Å². The smallest absolute Gasteiger partial charge is 0.416 e. The van der Waals surface area contributed by atoms with Gasteiger partial charge in [-0.15, -0.1) is 0 Å². The van der Waals surface area contributed by atoms with Gasteiger partial charge < -0.3 is 10.1 Å². The van der Waals surface area contributed by atoms with Gasteiger partial charge in [0.15, 0.2) is 11.4 Å². The van der Waals surface area contributed by atoms with Crippen LogP contribution < -0.4 is 10.1 Å². The molecule has 29 heavy (non-hydrogen) atoms. The first kappa shape index (κ1) is 20.4. The van der Waals surface area contributed by atoms with Crippen LogP contribution in [-0.4, -0.2) is 22.3 Å². The maximum absolute atomic E-state index is 13.1. The summed E-state index contributed by atoms with van der Waals surface area (Å²) in [4.78, 5) is 12.6. The molecule has 0 unspecified atom stereocenters. The summed E-state index contributed by atoms with van der Waals surface area (Å²) in [6.07, 6.45) is -2.27. The Kier molecular flexibility index (Phi) is 5.86. The Bertz CT molecular complexity index is 980. The number of anilines is 1. The molecular weight excluding hydrogens is 390 g/mol. The number of carbonyl (C=O) groups excluding carboxylic acids is 1. The highest BCUT2D eigenvalue weighted by molar-refractivity contribution is 6.04. The number of hydrogen-bond acceptors (Lipinski definition) is 3. The topological polar surface area (TPSA) is 56.2 Å². The molecule has 152 valence electrons. The lowest BCUT2D eigenvalue weighted by Crippen LogP contribution is -2.15. The van der Waals surface area contributed by atoms with Crippen molar-refractivity contribution in [1.29, 1.82) is 0 Å². The van der Waals surface area contributed by atoms with E-state index in [0.717, 1.165) is 24.3 Å². The molecule has 0 bridgehead atoms. The molecule has 1 heterocycles. The minimum absolute atomic E-state index is 0.0392. The zero-order chi connectivity index (χ0) is 21.0. The van der Waals surface area contributed by atoms with Crippen molar-refractivity contribution in [1.82, 2.24) is 9.78 Å². The third kappa shape index (κ3) is 4.92. The SMILES string of the molecule is CCCOc1cn(-c2ccc(F)cc2)nc1C(=O)Nc1ccc(C(F)(F)F)cc1. The first-order chi connectivity index (χ1) is 13.8. The Hall–Kier alpha value is -3.36. The number of halogens is 4. The summed E-state index contributed by atoms with van der Waals surface area (Å²) in [5.41, 5.74) is -0.159. The number of aromatic nitrogens is 2. The number of rotatable bonds is 6. The summed E-state index contributed by atoms with van der Waals surface area (Å²) >= 11 is 0. The van der Waals surface area contributed by atoms with Gasteiger partial charge in [-0.2, -0.15) is 18.3 Å². The first-order valence-electron chi connectivity index (χ1n) is 8.75. The van der Waals surface area contributed by atoms with E-state index in [1.54, 1.807) is 0 Å². The summed E-state index contributed by atoms with van der Waals surface area (Å²) in [5.74, 6) is -0.846. The molecule has 0 fully saturated rings. The van der Waals surface area contributed by atoms with Crippen LogP contribution in [0.4, 0.5) is 23.2 Å². The highest BCUT2D eigenvalue weighted by Crippen LogP contribution is 2.30. The zero-order valence-corrected chi connectivity index (χ0v) is 15.3. The number of hydrogen-bond donors (Lipinski definition) is 1. The minimum Gasteiger partial charge on any atom is -0.489 e. The fourth-order valence-corrected chi connectivity index (χ4v) is 2.49. The van der Waals surface area contributed by atoms with Crippen LogP contribution in [0.2, 0.25) is 0 Å². The van der Waals surface area contributed by atoms with Gasteiger partial charge >= 0.3 is 6.18 Å². The van der Waals surface area contributed by atoms with Crippen molar-refractivity contribution < 1.29 is 27.1 Å². The van der Waals surface area contributed by atoms with Crippen LogP contribution in [0.5, 0.6) is 5.75 Å². The van der Waals surface area contributed by atoms with Crippen molar-refractivity contribution in [2.45, 2.75) is 19.5 Å². The summed E-state index contributed by atoms with van der Waals surface area (Å²) in [6, 6.07) is 9.56. The number of nitrogens with zero attached hydrogens (tertiary/aromatic N) is 2. The van der Waals surface area contributed by atoms with Crippen molar-refractivity contribution in [3.05, 3.63) is 71.8 Å². The van der Waals surface area contributed by atoms with Crippen molar-refractivity contribution in [2.24, 2.45) is 0 Å². The van der Waals surface area contributed by atoms with Crippen LogP contribution in [0, 0.1) is 5.82 Å². The average Bonchev–Trinajstić information content (AvgIpc) is 3.11. The number of ether oxygens (including phenoxy) is 1. The molecule has 2 aromatic carbocycles. The number of benzene rings is 2. The van der Waals surface area contributed by atoms with Gasteiger partial charge in [-0.1, -0.05) is 6.92 Å². The maximum Gasteiger partial charge on any atom is 0.416 e. The van der Waals surface area contributed by atoms with E-state index in [9.17, 15) is 22.4 Å². The first-order valence-corrected chi connectivity index (χ1v) is 8.75. The van der Waals surface area contributed by atoms with Gasteiger partial charge in [0.1, 0.15) is 5.82 Å². The van der Waals surface area contributed by atoms with Crippen LogP contribution in [0.25, 0.3) is 5.69 Å². The number of alkyl halides is 3. The normalized spacial score (nSPS) is 11.3. The second kappa shape index (κ2) is 8.34. The summed E-state index contributed by atoms with van der Waals surface area (Å²) in [6.45, 7) is 2.24. The molecule has 3 rings (SSSR count). The Balaban J connectivity index is 1.85. The van der Waals surface area contributed by atoms with Crippen LogP contribution in [-0.2, 0) is 6.18 Å². The molecule has 5 nitrogen and oxygen atoms in total. The number of carbonyl (C=O) groups is 1. The molecule has 0 saturated heterocycles. The van der Waals surface area contributed by atoms with Crippen LogP contribution in [0.15, 0.2) is 54.7 Å². The average molecular weight is 407 g/mol. The van der Waals surface area contributed by atoms with Crippen molar-refractivity contribution in [3.8, 4) is 11.4 Å². The van der Waals surface area contributed by atoms with Crippen LogP contribution >= 0.6 is 0 Å². The van der Waals surface area contributed by atoms with Gasteiger partial charge in [-0.3, -0.25) is 4.79 Å². The van der Waals surface area contributed by atoms with Gasteiger partial charge in [0.2, 0.25) is 0 Å². The molecule has 0 spiro atoms. The van der Waals surface area contributed by atoms with E-state index in [2.05, 4.69) is 10.4 Å². The lowest BCUT2D eigenvalue weighted by atomic mass is 10.2. The summed E-state index contributed by atoms with van der Waals surface area (Å²) in [5, 5.41) is 6.70. The fourth-order valence-electron chi connectivity index (χ4n) is 2.49. The largest absolute Gasteiger partial charge is 0.489 e. The van der Waals surface area contributed by atoms with E-state index in [1.165, 1.54) is 35.1 Å². The quantitative estimate of drug-likeness (QED) is 0.581. The second-order valence-electron chi connectivity index (χ2n) is 6.14. The molecule has 1 aromatic heterocycles. The standard InChI is InChI=1S/C20H17F4N3O2/c1-2-11-29-17-12-27(16-9-5-14(21)6-10-16)26-18(17)19(28)25-15-7-3-13(4-8-15)20(22,23)24/h3-10,12H,2,11H2,1H3,(H,25,28). The molecule has 9 heteroatoms. The Morgan fingerprint density at radius 2 is 1.76 bits per heavy atom. The Morgan fingerprint density at radius 3 is 2.34 bits per heavy atom. The number of amides is 1. The van der Waals surface area contributed by atoms with Gasteiger partial charge in [0.25, 0.3) is 5.91 Å². The van der Waals surface area contributed by atoms with Gasteiger partial charge in [-0.25, -0.2) is 9.07 Å². The van der Waals surface area contributed by atoms with Crippen LogP contribution in [0.1, 0.15) is 29.4 Å². The third-order valence-corrected chi connectivity index (χ3v) is 3.92. The van der Waals surface area contributed by atoms with Gasteiger partial charge in [0, 0.05) is 5.69 Å². The molecular formula is C20H17F4N3O2. The van der Waals surface area contributed by atoms with Crippen molar-refractivity contribution in [3.63, 3.8) is 0 Å². The van der Waals surface area contributed by atoms with Gasteiger partial charge in [-0.05, 0) is 55.0 Å². The molecule has 3 aromatic rings. The molecule has 0 saturated carbocycles. The van der Waals surface area contributed by atoms with E-state index < -0.39 is 23.5 Å². The molecule has 0 radical (unpaired) electrons. The molecule has 0 aliphatic heterocycles. The minimum atomic E-state index is -4.46. The predicted octanol–water partition coefficient (Wildman–Crippen LogP) is 5.07. The Morgan fingerprint density at radius 1 is 1.10 bits per heavy atom. The molecule has 0 aliphatic rings. The monoisotopic (exact) mass is 407 g/mol. The van der Waals surface area contributed by atoms with Crippen molar-refractivity contribution >= 4 is 11.6 Å². The molecule has 0 aliphatic carbocycles. The molecule has 0 atom stereocenters. The van der Waals surface area contributed by atoms with E-state index in [1.807, 2.05) is 6.92 Å². The van der Waals surface area contributed by atoms with Gasteiger partial charge in [0.05, 0.1) is 24.1 Å². The zero-order valence-electron chi connectivity index (χ0n) is 15.3. The molecule has 1 N–H and O–H groups in total. The fraction of sp³-hybridized carbons (Fsp3) is 0.200. The van der Waals surface area contributed by atoms with E-state index in [-0.39, 0.29) is 17.1 Å². The lowest BCUT2D eigenvalue weighted by molar-refractivity contribution is -0.137. The van der Waals surface area contributed by atoms with E-state index >= 15 is 0 Å². The summed E-state index contributed by atoms with van der Waals surface area (Å²) < 4.78 is 58.1. The molecule has 1 amide bonds. The van der Waals surface area contributed by atoms with Crippen molar-refractivity contribution in [2.75, 3.05) is 11.9 Å². The number of nitrogens with one attached hydrogen (secondary N) is 1. The predicted molar refractivity (Wildman–Crippen MR) is 98.7 cm³/mol.